The average Bonchev–Trinajstić information content (AvgIpc) is 2.34. The van der Waals surface area contributed by atoms with Crippen LogP contribution < -0.4 is 10.1 Å². The third-order valence-corrected chi connectivity index (χ3v) is 4.47. The van der Waals surface area contributed by atoms with Crippen LogP contribution in [-0.2, 0) is 0 Å². The lowest BCUT2D eigenvalue weighted by Crippen LogP contribution is -2.45. The van der Waals surface area contributed by atoms with E-state index in [1.54, 1.807) is 11.8 Å². The Morgan fingerprint density at radius 3 is 2.85 bits per heavy atom. The molecular weight excluding hydrogens is 270 g/mol. The molecule has 0 aromatic heterocycles. The van der Waals surface area contributed by atoms with Crippen molar-refractivity contribution in [3.8, 4) is 5.75 Å². The zero-order chi connectivity index (χ0) is 14.8. The van der Waals surface area contributed by atoms with Gasteiger partial charge in [0, 0.05) is 30.3 Å². The van der Waals surface area contributed by atoms with Gasteiger partial charge in [-0.2, -0.15) is 11.8 Å². The van der Waals surface area contributed by atoms with Crippen molar-refractivity contribution in [2.24, 2.45) is 0 Å². The molecule has 1 aromatic carbocycles. The van der Waals surface area contributed by atoms with Crippen molar-refractivity contribution in [3.63, 3.8) is 0 Å². The predicted octanol–water partition coefficient (Wildman–Crippen LogP) is 2.99. The molecule has 1 heterocycles. The van der Waals surface area contributed by atoms with Crippen LogP contribution in [0.1, 0.15) is 38.8 Å². The SMILES string of the molecule is CSCC(C)(O)CNC1CC(C)(C)Oc2ccccc21. The molecule has 0 aliphatic carbocycles. The summed E-state index contributed by atoms with van der Waals surface area (Å²) < 4.78 is 6.02. The first kappa shape index (κ1) is 15.7. The lowest BCUT2D eigenvalue weighted by molar-refractivity contribution is 0.0493. The molecule has 0 fully saturated rings. The maximum Gasteiger partial charge on any atom is 0.124 e. The summed E-state index contributed by atoms with van der Waals surface area (Å²) in [6.07, 6.45) is 2.92. The second-order valence-corrected chi connectivity index (χ2v) is 7.33. The normalized spacial score (nSPS) is 23.6. The van der Waals surface area contributed by atoms with Gasteiger partial charge in [-0.05, 0) is 33.1 Å². The maximum atomic E-state index is 10.3. The van der Waals surface area contributed by atoms with Gasteiger partial charge < -0.3 is 15.2 Å². The van der Waals surface area contributed by atoms with E-state index in [9.17, 15) is 5.11 Å². The molecule has 4 heteroatoms. The van der Waals surface area contributed by atoms with Crippen molar-refractivity contribution in [2.45, 2.75) is 44.4 Å². The van der Waals surface area contributed by atoms with E-state index in [2.05, 4.69) is 25.2 Å². The first-order valence-electron chi connectivity index (χ1n) is 7.06. The Hall–Kier alpha value is -0.710. The smallest absolute Gasteiger partial charge is 0.124 e. The molecule has 0 radical (unpaired) electrons. The molecule has 3 nitrogen and oxygen atoms in total. The monoisotopic (exact) mass is 295 g/mol. The van der Waals surface area contributed by atoms with E-state index in [-0.39, 0.29) is 11.6 Å². The van der Waals surface area contributed by atoms with E-state index in [0.717, 1.165) is 17.9 Å². The van der Waals surface area contributed by atoms with Crippen molar-refractivity contribution in [2.75, 3.05) is 18.6 Å². The molecule has 2 unspecified atom stereocenters. The molecule has 112 valence electrons. The molecular formula is C16H25NO2S. The minimum absolute atomic E-state index is 0.183. The summed E-state index contributed by atoms with van der Waals surface area (Å²) >= 11 is 1.67. The summed E-state index contributed by atoms with van der Waals surface area (Å²) in [6, 6.07) is 8.38. The van der Waals surface area contributed by atoms with Gasteiger partial charge in [-0.1, -0.05) is 18.2 Å². The van der Waals surface area contributed by atoms with Crippen LogP contribution in [0.25, 0.3) is 0 Å². The Kier molecular flexibility index (Phi) is 4.67. The Morgan fingerprint density at radius 2 is 2.15 bits per heavy atom. The summed E-state index contributed by atoms with van der Waals surface area (Å²) in [5.41, 5.74) is 0.320. The van der Waals surface area contributed by atoms with E-state index >= 15 is 0 Å². The van der Waals surface area contributed by atoms with Gasteiger partial charge in [-0.25, -0.2) is 0 Å². The van der Waals surface area contributed by atoms with Crippen molar-refractivity contribution in [1.82, 2.24) is 5.32 Å². The average molecular weight is 295 g/mol. The van der Waals surface area contributed by atoms with Gasteiger partial charge in [-0.15, -0.1) is 0 Å². The summed E-state index contributed by atoms with van der Waals surface area (Å²) in [5.74, 6) is 1.68. The number of hydrogen-bond donors (Lipinski definition) is 2. The lowest BCUT2D eigenvalue weighted by atomic mass is 9.89. The van der Waals surface area contributed by atoms with E-state index in [4.69, 9.17) is 4.74 Å². The molecule has 1 aliphatic heterocycles. The van der Waals surface area contributed by atoms with Gasteiger partial charge in [0.15, 0.2) is 0 Å². The van der Waals surface area contributed by atoms with Crippen LogP contribution in [0.15, 0.2) is 24.3 Å². The second kappa shape index (κ2) is 5.96. The van der Waals surface area contributed by atoms with Crippen LogP contribution >= 0.6 is 11.8 Å². The van der Waals surface area contributed by atoms with Crippen LogP contribution in [-0.4, -0.2) is 34.9 Å². The second-order valence-electron chi connectivity index (χ2n) is 6.47. The quantitative estimate of drug-likeness (QED) is 0.876. The predicted molar refractivity (Wildman–Crippen MR) is 85.5 cm³/mol. The van der Waals surface area contributed by atoms with Gasteiger partial charge in [0.2, 0.25) is 0 Å². The fourth-order valence-electron chi connectivity index (χ4n) is 2.69. The molecule has 0 saturated heterocycles. The highest BCUT2D eigenvalue weighted by Gasteiger charge is 2.34. The fraction of sp³-hybridized carbons (Fsp3) is 0.625. The van der Waals surface area contributed by atoms with Crippen molar-refractivity contribution in [3.05, 3.63) is 29.8 Å². The summed E-state index contributed by atoms with van der Waals surface area (Å²) in [5, 5.41) is 13.8. The summed E-state index contributed by atoms with van der Waals surface area (Å²) in [4.78, 5) is 0. The number of hydrogen-bond acceptors (Lipinski definition) is 4. The number of rotatable bonds is 5. The summed E-state index contributed by atoms with van der Waals surface area (Å²) in [6.45, 7) is 6.69. The van der Waals surface area contributed by atoms with E-state index in [1.807, 2.05) is 31.4 Å². The largest absolute Gasteiger partial charge is 0.487 e. The van der Waals surface area contributed by atoms with Crippen molar-refractivity contribution >= 4 is 11.8 Å². The van der Waals surface area contributed by atoms with Crippen LogP contribution in [0.5, 0.6) is 5.75 Å². The number of benzene rings is 1. The maximum absolute atomic E-state index is 10.3. The number of para-hydroxylation sites is 1. The highest BCUT2D eigenvalue weighted by atomic mass is 32.2. The molecule has 2 rings (SSSR count). The molecule has 1 aromatic rings. The molecule has 2 N–H and O–H groups in total. The standard InChI is InChI=1S/C16H25NO2S/c1-15(2)9-13(17-10-16(3,18)11-20-4)12-7-5-6-8-14(12)19-15/h5-8,13,17-18H,9-11H2,1-4H3. The number of ether oxygens (including phenoxy) is 1. The van der Waals surface area contributed by atoms with Crippen LogP contribution in [0.2, 0.25) is 0 Å². The van der Waals surface area contributed by atoms with Gasteiger partial charge in [0.05, 0.1) is 5.60 Å². The molecule has 0 amide bonds. The van der Waals surface area contributed by atoms with Gasteiger partial charge in [0.25, 0.3) is 0 Å². The third-order valence-electron chi connectivity index (χ3n) is 3.56. The number of aliphatic hydroxyl groups is 1. The van der Waals surface area contributed by atoms with Crippen LogP contribution in [0.3, 0.4) is 0 Å². The first-order chi connectivity index (χ1) is 9.33. The molecule has 0 saturated carbocycles. The topological polar surface area (TPSA) is 41.5 Å². The fourth-order valence-corrected chi connectivity index (χ4v) is 3.41. The third kappa shape index (κ3) is 3.90. The van der Waals surface area contributed by atoms with Crippen molar-refractivity contribution in [1.29, 1.82) is 0 Å². The molecule has 1 aliphatic rings. The number of fused-ring (bicyclic) bond motifs is 1. The Labute approximate surface area is 126 Å². The van der Waals surface area contributed by atoms with Gasteiger partial charge in [-0.3, -0.25) is 0 Å². The molecule has 20 heavy (non-hydrogen) atoms. The van der Waals surface area contributed by atoms with Crippen LogP contribution in [0.4, 0.5) is 0 Å². The Bertz CT molecular complexity index is 460. The molecule has 0 bridgehead atoms. The zero-order valence-corrected chi connectivity index (χ0v) is 13.6. The Balaban J connectivity index is 2.11. The van der Waals surface area contributed by atoms with Crippen LogP contribution in [0, 0.1) is 0 Å². The van der Waals surface area contributed by atoms with E-state index in [1.165, 1.54) is 5.56 Å². The molecule has 2 atom stereocenters. The lowest BCUT2D eigenvalue weighted by Gasteiger charge is -2.39. The minimum atomic E-state index is -0.684. The molecule has 0 spiro atoms. The van der Waals surface area contributed by atoms with E-state index in [0.29, 0.717) is 6.54 Å². The summed E-state index contributed by atoms with van der Waals surface area (Å²) in [7, 11) is 0. The van der Waals surface area contributed by atoms with Crippen molar-refractivity contribution < 1.29 is 9.84 Å². The van der Waals surface area contributed by atoms with Gasteiger partial charge in [0.1, 0.15) is 11.4 Å². The van der Waals surface area contributed by atoms with Gasteiger partial charge >= 0.3 is 0 Å². The number of nitrogens with one attached hydrogen (secondary N) is 1. The Morgan fingerprint density at radius 1 is 1.45 bits per heavy atom. The first-order valence-corrected chi connectivity index (χ1v) is 8.45. The minimum Gasteiger partial charge on any atom is -0.487 e. The highest BCUT2D eigenvalue weighted by molar-refractivity contribution is 7.98. The van der Waals surface area contributed by atoms with E-state index < -0.39 is 5.60 Å². The highest BCUT2D eigenvalue weighted by Crippen LogP contribution is 2.39. The number of thioether (sulfide) groups is 1. The zero-order valence-electron chi connectivity index (χ0n) is 12.8.